The molecule has 0 aliphatic carbocycles. The summed E-state index contributed by atoms with van der Waals surface area (Å²) in [6.45, 7) is 8.08. The van der Waals surface area contributed by atoms with Crippen LogP contribution >= 0.6 is 0 Å². The molecule has 22 heavy (non-hydrogen) atoms. The summed E-state index contributed by atoms with van der Waals surface area (Å²) in [5, 5.41) is 0. The second-order valence-corrected chi connectivity index (χ2v) is 6.45. The Bertz CT molecular complexity index is 637. The predicted molar refractivity (Wildman–Crippen MR) is 83.3 cm³/mol. The quantitative estimate of drug-likeness (QED) is 0.608. The van der Waals surface area contributed by atoms with Crippen molar-refractivity contribution in [3.05, 3.63) is 28.2 Å². The van der Waals surface area contributed by atoms with E-state index in [0.29, 0.717) is 5.46 Å². The highest BCUT2D eigenvalue weighted by molar-refractivity contribution is 6.62. The van der Waals surface area contributed by atoms with E-state index in [2.05, 4.69) is 18.6 Å². The van der Waals surface area contributed by atoms with Crippen LogP contribution in [0.15, 0.2) is 17.1 Å². The number of nitrogens with zero attached hydrogens (tertiary/aromatic N) is 1. The third kappa shape index (κ3) is 2.96. The largest absolute Gasteiger partial charge is 0.496 e. The Morgan fingerprint density at radius 3 is 2.59 bits per heavy atom. The van der Waals surface area contributed by atoms with Gasteiger partial charge in [-0.25, -0.2) is 4.79 Å². The Balaban J connectivity index is 2.41. The van der Waals surface area contributed by atoms with Crippen molar-refractivity contribution in [2.75, 3.05) is 7.11 Å². The lowest BCUT2D eigenvalue weighted by molar-refractivity contribution is 0.0438. The Morgan fingerprint density at radius 2 is 2.09 bits per heavy atom. The van der Waals surface area contributed by atoms with Crippen molar-refractivity contribution in [3.8, 4) is 0 Å². The molecule has 0 bridgehead atoms. The number of ether oxygens (including phenoxy) is 1. The van der Waals surface area contributed by atoms with E-state index in [1.54, 1.807) is 13.2 Å². The fourth-order valence-corrected chi connectivity index (χ4v) is 2.90. The van der Waals surface area contributed by atoms with E-state index in [-0.39, 0.29) is 17.6 Å². The minimum absolute atomic E-state index is 0.0273. The van der Waals surface area contributed by atoms with Gasteiger partial charge in [-0.15, -0.1) is 0 Å². The highest BCUT2D eigenvalue weighted by Gasteiger charge is 2.47. The molecule has 0 saturated carbocycles. The Morgan fingerprint density at radius 1 is 1.45 bits per heavy atom. The van der Waals surface area contributed by atoms with Crippen LogP contribution in [0.3, 0.4) is 0 Å². The van der Waals surface area contributed by atoms with E-state index in [1.807, 2.05) is 13.8 Å². The summed E-state index contributed by atoms with van der Waals surface area (Å²) in [5.74, 6) is -0.382. The average Bonchev–Trinajstić information content (AvgIpc) is 2.76. The third-order valence-electron chi connectivity index (χ3n) is 3.85. The maximum absolute atomic E-state index is 12.0. The summed E-state index contributed by atoms with van der Waals surface area (Å²) in [6.07, 6.45) is 1.55. The summed E-state index contributed by atoms with van der Waals surface area (Å²) in [7, 11) is 2.21. The molecule has 1 atom stereocenters. The molecule has 2 rings (SSSR count). The molecule has 0 radical (unpaired) electrons. The zero-order chi connectivity index (χ0) is 16.7. The van der Waals surface area contributed by atoms with Crippen LogP contribution in [0.5, 0.6) is 0 Å². The highest BCUT2D eigenvalue weighted by Crippen LogP contribution is 2.31. The second kappa shape index (κ2) is 5.89. The minimum atomic E-state index is -0.667. The topological polar surface area (TPSA) is 66.8 Å². The van der Waals surface area contributed by atoms with E-state index < -0.39 is 24.2 Å². The minimum Gasteiger partial charge on any atom is -0.465 e. The van der Waals surface area contributed by atoms with Crippen LogP contribution in [0.2, 0.25) is 0 Å². The van der Waals surface area contributed by atoms with Gasteiger partial charge in [-0.05, 0) is 31.3 Å². The first-order valence-corrected chi connectivity index (χ1v) is 7.29. The van der Waals surface area contributed by atoms with Gasteiger partial charge in [-0.1, -0.05) is 13.8 Å². The fourth-order valence-electron chi connectivity index (χ4n) is 2.90. The molecule has 1 aromatic rings. The number of aromatic nitrogens is 1. The van der Waals surface area contributed by atoms with E-state index in [4.69, 9.17) is 9.31 Å². The number of hydrogen-bond donors (Lipinski definition) is 0. The van der Waals surface area contributed by atoms with Crippen LogP contribution in [0.4, 0.5) is 0 Å². The molecule has 1 aliphatic rings. The lowest BCUT2D eigenvalue weighted by Gasteiger charge is -2.28. The molecule has 1 fully saturated rings. The van der Waals surface area contributed by atoms with Crippen molar-refractivity contribution >= 4 is 18.6 Å². The number of rotatable bonds is 3. The van der Waals surface area contributed by atoms with Gasteiger partial charge in [-0.3, -0.25) is 4.79 Å². The van der Waals surface area contributed by atoms with Crippen molar-refractivity contribution in [1.29, 1.82) is 0 Å². The second-order valence-electron chi connectivity index (χ2n) is 6.45. The maximum atomic E-state index is 12.0. The van der Waals surface area contributed by atoms with Gasteiger partial charge in [0.25, 0.3) is 5.56 Å². The van der Waals surface area contributed by atoms with Crippen LogP contribution in [-0.4, -0.2) is 36.5 Å². The van der Waals surface area contributed by atoms with E-state index in [0.717, 1.165) is 0 Å². The highest BCUT2D eigenvalue weighted by atomic mass is 16.7. The lowest BCUT2D eigenvalue weighted by atomic mass is 9.79. The third-order valence-corrected chi connectivity index (χ3v) is 3.85. The normalized spacial score (nSPS) is 20.5. The predicted octanol–water partition coefficient (Wildman–Crippen LogP) is 0.717. The first kappa shape index (κ1) is 16.8. The summed E-state index contributed by atoms with van der Waals surface area (Å²) < 4.78 is 18.0. The van der Waals surface area contributed by atoms with Crippen LogP contribution in [0, 0.1) is 5.92 Å². The average molecular weight is 307 g/mol. The molecule has 0 amide bonds. The SMILES string of the molecule is COC(=O)c1cc(B2OC(C(C)C)C(C)(C)O2)cn(C)c1=O. The van der Waals surface area contributed by atoms with Gasteiger partial charge in [-0.2, -0.15) is 0 Å². The van der Waals surface area contributed by atoms with Crippen LogP contribution in [0.1, 0.15) is 38.1 Å². The van der Waals surface area contributed by atoms with Crippen LogP contribution in [0.25, 0.3) is 0 Å². The number of hydrogen-bond acceptors (Lipinski definition) is 5. The summed E-state index contributed by atoms with van der Waals surface area (Å²) >= 11 is 0. The summed E-state index contributed by atoms with van der Waals surface area (Å²) in [6, 6.07) is 1.48. The zero-order valence-corrected chi connectivity index (χ0v) is 13.9. The van der Waals surface area contributed by atoms with Crippen LogP contribution < -0.4 is 11.0 Å². The van der Waals surface area contributed by atoms with Gasteiger partial charge in [0.2, 0.25) is 0 Å². The monoisotopic (exact) mass is 307 g/mol. The molecule has 1 aliphatic heterocycles. The maximum Gasteiger partial charge on any atom is 0.496 e. The molecule has 0 N–H and O–H groups in total. The molecular weight excluding hydrogens is 285 g/mol. The summed E-state index contributed by atoms with van der Waals surface area (Å²) in [4.78, 5) is 23.8. The molecule has 0 spiro atoms. The Labute approximate surface area is 130 Å². The molecule has 0 aromatic carbocycles. The van der Waals surface area contributed by atoms with Crippen molar-refractivity contribution in [2.24, 2.45) is 13.0 Å². The van der Waals surface area contributed by atoms with Crippen LogP contribution in [-0.2, 0) is 21.1 Å². The fraction of sp³-hybridized carbons (Fsp3) is 0.600. The van der Waals surface area contributed by atoms with Gasteiger partial charge in [0.05, 0.1) is 18.8 Å². The van der Waals surface area contributed by atoms with E-state index >= 15 is 0 Å². The lowest BCUT2D eigenvalue weighted by Crippen LogP contribution is -2.39. The zero-order valence-electron chi connectivity index (χ0n) is 13.9. The van der Waals surface area contributed by atoms with Gasteiger partial charge >= 0.3 is 13.1 Å². The Kier molecular flexibility index (Phi) is 4.49. The van der Waals surface area contributed by atoms with E-state index in [9.17, 15) is 9.59 Å². The standard InChI is InChI=1S/C15H22BNO5/c1-9(2)12-15(3,4)22-16(21-12)10-7-11(14(19)20-6)13(18)17(5)8-10/h7-9,12H,1-6H3. The van der Waals surface area contributed by atoms with Gasteiger partial charge < -0.3 is 18.6 Å². The molecule has 7 heteroatoms. The van der Waals surface area contributed by atoms with E-state index in [1.165, 1.54) is 17.7 Å². The molecule has 1 aromatic heterocycles. The van der Waals surface area contributed by atoms with Crippen molar-refractivity contribution < 1.29 is 18.8 Å². The number of carbonyl (C=O) groups is 1. The Hall–Kier alpha value is -1.60. The van der Waals surface area contributed by atoms with Gasteiger partial charge in [0.15, 0.2) is 0 Å². The first-order valence-electron chi connectivity index (χ1n) is 7.29. The molecule has 120 valence electrons. The number of carbonyl (C=O) groups excluding carboxylic acids is 1. The van der Waals surface area contributed by atoms with Crippen molar-refractivity contribution in [3.63, 3.8) is 0 Å². The number of aryl methyl sites for hydroxylation is 1. The first-order chi connectivity index (χ1) is 10.2. The molecule has 1 saturated heterocycles. The number of esters is 1. The van der Waals surface area contributed by atoms with Crippen molar-refractivity contribution in [2.45, 2.75) is 39.4 Å². The molecule has 2 heterocycles. The van der Waals surface area contributed by atoms with Gasteiger partial charge in [0.1, 0.15) is 5.56 Å². The molecule has 6 nitrogen and oxygen atoms in total. The number of methoxy groups -OCH3 is 1. The van der Waals surface area contributed by atoms with Crippen molar-refractivity contribution in [1.82, 2.24) is 4.57 Å². The molecule has 1 unspecified atom stereocenters. The number of pyridine rings is 1. The summed E-state index contributed by atoms with van der Waals surface area (Å²) in [5.41, 5.74) is -0.258. The smallest absolute Gasteiger partial charge is 0.465 e. The van der Waals surface area contributed by atoms with Gasteiger partial charge in [0, 0.05) is 13.2 Å². The molecular formula is C15H22BNO5.